The molecule has 3 aromatic carbocycles. The fourth-order valence-corrected chi connectivity index (χ4v) is 4.82. The molecule has 43 heavy (non-hydrogen) atoms. The molecule has 1 aliphatic rings. The predicted molar refractivity (Wildman–Crippen MR) is 148 cm³/mol. The van der Waals surface area contributed by atoms with Gasteiger partial charge in [-0.1, -0.05) is 12.1 Å². The molecule has 2 heterocycles. The molecule has 7 nitrogen and oxygen atoms in total. The highest BCUT2D eigenvalue weighted by Crippen LogP contribution is 2.42. The van der Waals surface area contributed by atoms with E-state index < -0.39 is 29.1 Å². The summed E-state index contributed by atoms with van der Waals surface area (Å²) in [4.78, 5) is 20.2. The average molecular weight is 587 g/mol. The number of aromatic carboxylic acids is 1. The van der Waals surface area contributed by atoms with Crippen LogP contribution in [0.3, 0.4) is 0 Å². The van der Waals surface area contributed by atoms with Crippen LogP contribution in [0.4, 0.5) is 17.6 Å². The number of ether oxygens (including phenoxy) is 1. The zero-order valence-electron chi connectivity index (χ0n) is 22.5. The highest BCUT2D eigenvalue weighted by molar-refractivity contribution is 5.92. The molecule has 0 saturated heterocycles. The molecular formula is C32H22F4N4O3. The number of nitriles is 1. The van der Waals surface area contributed by atoms with Gasteiger partial charge in [0.15, 0.2) is 0 Å². The summed E-state index contributed by atoms with van der Waals surface area (Å²) in [6, 6.07) is 16.6. The Hall–Kier alpha value is -5.24. The molecule has 1 fully saturated rings. The second kappa shape index (κ2) is 10.9. The van der Waals surface area contributed by atoms with Crippen LogP contribution in [-0.2, 0) is 19.6 Å². The van der Waals surface area contributed by atoms with Crippen LogP contribution >= 0.6 is 0 Å². The van der Waals surface area contributed by atoms with Crippen molar-refractivity contribution >= 4 is 17.0 Å². The number of imidazole rings is 1. The summed E-state index contributed by atoms with van der Waals surface area (Å²) in [6.45, 7) is -0.272. The predicted octanol–water partition coefficient (Wildman–Crippen LogP) is 6.76. The average Bonchev–Trinajstić information content (AvgIpc) is 3.63. The molecule has 0 aliphatic heterocycles. The summed E-state index contributed by atoms with van der Waals surface area (Å²) in [5.41, 5.74) is -0.338. The number of benzene rings is 3. The van der Waals surface area contributed by atoms with Gasteiger partial charge in [0.2, 0.25) is 5.88 Å². The lowest BCUT2D eigenvalue weighted by molar-refractivity contribution is 0.0697. The van der Waals surface area contributed by atoms with Crippen molar-refractivity contribution in [3.05, 3.63) is 112 Å². The van der Waals surface area contributed by atoms with Gasteiger partial charge in [-0.25, -0.2) is 32.3 Å². The largest absolute Gasteiger partial charge is 0.478 e. The number of hydrogen-bond donors (Lipinski definition) is 1. The van der Waals surface area contributed by atoms with E-state index in [0.29, 0.717) is 23.9 Å². The van der Waals surface area contributed by atoms with Crippen LogP contribution in [0.25, 0.3) is 22.3 Å². The molecule has 0 spiro atoms. The Morgan fingerprint density at radius 2 is 1.77 bits per heavy atom. The zero-order valence-corrected chi connectivity index (χ0v) is 22.5. The highest BCUT2D eigenvalue weighted by Gasteiger charge is 2.44. The van der Waals surface area contributed by atoms with Crippen molar-refractivity contribution in [3.63, 3.8) is 0 Å². The quantitative estimate of drug-likeness (QED) is 0.192. The van der Waals surface area contributed by atoms with Gasteiger partial charge in [-0.3, -0.25) is 0 Å². The van der Waals surface area contributed by atoms with Gasteiger partial charge in [0.1, 0.15) is 35.6 Å². The molecule has 0 radical (unpaired) electrons. The summed E-state index contributed by atoms with van der Waals surface area (Å²) < 4.78 is 66.9. The molecule has 5 aromatic rings. The van der Waals surface area contributed by atoms with Crippen LogP contribution in [0.5, 0.6) is 5.88 Å². The third-order valence-corrected chi connectivity index (χ3v) is 7.35. The molecule has 0 bridgehead atoms. The summed E-state index contributed by atoms with van der Waals surface area (Å²) in [5.74, 6) is -2.94. The number of halogens is 4. The molecule has 6 rings (SSSR count). The van der Waals surface area contributed by atoms with E-state index in [1.54, 1.807) is 4.57 Å². The van der Waals surface area contributed by atoms with Gasteiger partial charge in [0.25, 0.3) is 0 Å². The summed E-state index contributed by atoms with van der Waals surface area (Å²) in [5, 5.41) is 18.3. The maximum Gasteiger partial charge on any atom is 0.335 e. The van der Waals surface area contributed by atoms with Gasteiger partial charge in [0, 0.05) is 23.6 Å². The van der Waals surface area contributed by atoms with Crippen LogP contribution in [0, 0.1) is 28.8 Å². The third kappa shape index (κ3) is 5.77. The van der Waals surface area contributed by atoms with Crippen molar-refractivity contribution in [1.29, 1.82) is 5.26 Å². The van der Waals surface area contributed by atoms with Crippen molar-refractivity contribution in [2.24, 2.45) is 0 Å². The van der Waals surface area contributed by atoms with E-state index >= 15 is 8.78 Å². The lowest BCUT2D eigenvalue weighted by atomic mass is 10.0. The van der Waals surface area contributed by atoms with E-state index in [1.807, 2.05) is 6.07 Å². The standard InChI is InChI=1S/C32H22F4N4O3/c33-23-10-18(15-37)4-5-20(23)16-43-30-3-1-2-26(39-30)22-14-24(34)21(11-25(22)35)13-29-38-27-7-6-19(31(41)42)12-28(27)40(29)17-32(36)8-9-32/h1-7,10-12,14H,8-9,13,16-17H2,(H,41,42). The minimum Gasteiger partial charge on any atom is -0.478 e. The van der Waals surface area contributed by atoms with Crippen molar-refractivity contribution in [2.45, 2.75) is 38.1 Å². The fourth-order valence-electron chi connectivity index (χ4n) is 4.82. The molecule has 1 saturated carbocycles. The number of aromatic nitrogens is 3. The van der Waals surface area contributed by atoms with Crippen molar-refractivity contribution in [3.8, 4) is 23.2 Å². The first-order valence-electron chi connectivity index (χ1n) is 13.3. The first-order chi connectivity index (χ1) is 20.6. The molecular weight excluding hydrogens is 564 g/mol. The molecule has 0 atom stereocenters. The van der Waals surface area contributed by atoms with Crippen LogP contribution < -0.4 is 4.74 Å². The second-order valence-electron chi connectivity index (χ2n) is 10.4. The Kier molecular flexibility index (Phi) is 7.05. The number of carboxylic acids is 1. The minimum absolute atomic E-state index is 0.00577. The molecule has 11 heteroatoms. The summed E-state index contributed by atoms with van der Waals surface area (Å²) >= 11 is 0. The first kappa shape index (κ1) is 27.9. The summed E-state index contributed by atoms with van der Waals surface area (Å²) in [7, 11) is 0. The van der Waals surface area contributed by atoms with E-state index in [1.165, 1.54) is 48.5 Å². The monoisotopic (exact) mass is 586 g/mol. The maximum atomic E-state index is 15.4. The van der Waals surface area contributed by atoms with Crippen LogP contribution in [-0.4, -0.2) is 31.3 Å². The Balaban J connectivity index is 1.27. The Labute approximate surface area is 242 Å². The van der Waals surface area contributed by atoms with E-state index in [-0.39, 0.29) is 64.8 Å². The molecule has 2 aromatic heterocycles. The number of carbonyl (C=O) groups is 1. The fraction of sp³-hybridized carbons (Fsp3) is 0.188. The van der Waals surface area contributed by atoms with Gasteiger partial charge >= 0.3 is 5.97 Å². The van der Waals surface area contributed by atoms with Gasteiger partial charge in [-0.15, -0.1) is 0 Å². The number of hydrogen-bond acceptors (Lipinski definition) is 5. The molecule has 1 aliphatic carbocycles. The molecule has 0 amide bonds. The smallest absolute Gasteiger partial charge is 0.335 e. The third-order valence-electron chi connectivity index (χ3n) is 7.35. The Morgan fingerprint density at radius 1 is 0.977 bits per heavy atom. The Bertz CT molecular complexity index is 1950. The minimum atomic E-state index is -1.46. The lowest BCUT2D eigenvalue weighted by Gasteiger charge is -2.13. The number of carboxylic acid groups (broad SMARTS) is 1. The summed E-state index contributed by atoms with van der Waals surface area (Å²) in [6.07, 6.45) is 0.532. The van der Waals surface area contributed by atoms with Crippen LogP contribution in [0.2, 0.25) is 0 Å². The van der Waals surface area contributed by atoms with E-state index in [9.17, 15) is 18.7 Å². The first-order valence-corrected chi connectivity index (χ1v) is 13.3. The molecule has 1 N–H and O–H groups in total. The highest BCUT2D eigenvalue weighted by atomic mass is 19.1. The topological polar surface area (TPSA) is 101 Å². The SMILES string of the molecule is N#Cc1ccc(COc2cccc(-c3cc(F)c(Cc4nc5ccc(C(=O)O)cc5n4CC4(F)CC4)cc3F)n2)c(F)c1. The van der Waals surface area contributed by atoms with Crippen LogP contribution in [0.15, 0.2) is 66.7 Å². The lowest BCUT2D eigenvalue weighted by Crippen LogP contribution is -2.15. The van der Waals surface area contributed by atoms with Gasteiger partial charge in [-0.2, -0.15) is 5.26 Å². The second-order valence-corrected chi connectivity index (χ2v) is 10.4. The normalized spacial score (nSPS) is 13.6. The molecule has 216 valence electrons. The maximum absolute atomic E-state index is 15.4. The molecule has 0 unspecified atom stereocenters. The number of rotatable bonds is 9. The number of nitrogens with zero attached hydrogens (tertiary/aromatic N) is 4. The number of fused-ring (bicyclic) bond motifs is 1. The van der Waals surface area contributed by atoms with E-state index in [4.69, 9.17) is 10.00 Å². The van der Waals surface area contributed by atoms with Crippen LogP contribution in [0.1, 0.15) is 45.7 Å². The van der Waals surface area contributed by atoms with Gasteiger partial charge < -0.3 is 14.4 Å². The van der Waals surface area contributed by atoms with Gasteiger partial charge in [-0.05, 0) is 66.9 Å². The van der Waals surface area contributed by atoms with E-state index in [2.05, 4.69) is 9.97 Å². The van der Waals surface area contributed by atoms with E-state index in [0.717, 1.165) is 18.2 Å². The van der Waals surface area contributed by atoms with Crippen molar-refractivity contribution in [2.75, 3.05) is 0 Å². The van der Waals surface area contributed by atoms with Gasteiger partial charge in [0.05, 0.1) is 40.5 Å². The number of alkyl halides is 1. The Morgan fingerprint density at radius 3 is 2.49 bits per heavy atom. The zero-order chi connectivity index (χ0) is 30.3. The van der Waals surface area contributed by atoms with Crippen molar-refractivity contribution < 1.29 is 32.2 Å². The van der Waals surface area contributed by atoms with Crippen molar-refractivity contribution in [1.82, 2.24) is 14.5 Å². The number of pyridine rings is 1.